The number of anilines is 1. The molecule has 1 aromatic carbocycles. The Morgan fingerprint density at radius 2 is 2.19 bits per heavy atom. The zero-order valence-electron chi connectivity index (χ0n) is 11.3. The summed E-state index contributed by atoms with van der Waals surface area (Å²) in [5.41, 5.74) is 8.57. The van der Waals surface area contributed by atoms with Crippen molar-refractivity contribution in [1.82, 2.24) is 5.32 Å². The molecule has 2 aromatic heterocycles. The average Bonchev–Trinajstić information content (AvgIpc) is 3.01. The molecule has 6 heteroatoms. The number of amides is 1. The number of thiophene rings is 2. The third kappa shape index (κ3) is 2.64. The minimum Gasteiger partial charge on any atom is -0.397 e. The van der Waals surface area contributed by atoms with Gasteiger partial charge in [0.15, 0.2) is 0 Å². The van der Waals surface area contributed by atoms with Crippen LogP contribution in [0.1, 0.15) is 20.8 Å². The van der Waals surface area contributed by atoms with Crippen LogP contribution in [0.4, 0.5) is 10.1 Å². The van der Waals surface area contributed by atoms with E-state index in [0.717, 1.165) is 15.8 Å². The van der Waals surface area contributed by atoms with Crippen LogP contribution in [0.15, 0.2) is 29.0 Å². The van der Waals surface area contributed by atoms with Gasteiger partial charge >= 0.3 is 0 Å². The molecule has 0 bridgehead atoms. The van der Waals surface area contributed by atoms with E-state index in [-0.39, 0.29) is 11.7 Å². The maximum Gasteiger partial charge on any atom is 0.263 e. The second kappa shape index (κ2) is 5.46. The fraction of sp³-hybridized carbons (Fsp3) is 0.133. The van der Waals surface area contributed by atoms with Crippen LogP contribution in [-0.2, 0) is 6.54 Å². The molecule has 3 N–H and O–H groups in total. The molecule has 0 atom stereocenters. The van der Waals surface area contributed by atoms with Crippen LogP contribution in [0.2, 0.25) is 0 Å². The highest BCUT2D eigenvalue weighted by Gasteiger charge is 2.16. The lowest BCUT2D eigenvalue weighted by Gasteiger charge is -2.04. The molecule has 2 heterocycles. The summed E-state index contributed by atoms with van der Waals surface area (Å²) >= 11 is 2.89. The largest absolute Gasteiger partial charge is 0.397 e. The predicted molar refractivity (Wildman–Crippen MR) is 86.4 cm³/mol. The summed E-state index contributed by atoms with van der Waals surface area (Å²) in [5.74, 6) is -0.576. The highest BCUT2D eigenvalue weighted by atomic mass is 32.1. The van der Waals surface area contributed by atoms with Crippen LogP contribution < -0.4 is 11.1 Å². The standard InChI is InChI=1S/C15H13FN2OS2/c1-8-6-20-7-9(8)5-18-15(19)14-13(17)11-4-10(16)2-3-12(11)21-14/h2-4,6-7H,5,17H2,1H3,(H,18,19). The van der Waals surface area contributed by atoms with E-state index in [2.05, 4.69) is 5.32 Å². The summed E-state index contributed by atoms with van der Waals surface area (Å²) in [7, 11) is 0. The van der Waals surface area contributed by atoms with E-state index in [4.69, 9.17) is 5.73 Å². The Morgan fingerprint density at radius 3 is 2.90 bits per heavy atom. The summed E-state index contributed by atoms with van der Waals surface area (Å²) in [4.78, 5) is 12.7. The molecule has 3 aromatic rings. The summed E-state index contributed by atoms with van der Waals surface area (Å²) in [6, 6.07) is 4.38. The molecule has 21 heavy (non-hydrogen) atoms. The Morgan fingerprint density at radius 1 is 1.38 bits per heavy atom. The second-order valence-electron chi connectivity index (χ2n) is 4.75. The van der Waals surface area contributed by atoms with Gasteiger partial charge in [0.2, 0.25) is 0 Å². The maximum absolute atomic E-state index is 13.3. The molecule has 0 saturated heterocycles. The van der Waals surface area contributed by atoms with Gasteiger partial charge in [-0.05, 0) is 47.0 Å². The first-order chi connectivity index (χ1) is 10.1. The maximum atomic E-state index is 13.3. The van der Waals surface area contributed by atoms with E-state index < -0.39 is 0 Å². The van der Waals surface area contributed by atoms with Crippen LogP contribution >= 0.6 is 22.7 Å². The Balaban J connectivity index is 1.84. The van der Waals surface area contributed by atoms with Gasteiger partial charge in [-0.25, -0.2) is 4.39 Å². The first-order valence-electron chi connectivity index (χ1n) is 6.33. The molecule has 3 rings (SSSR count). The molecule has 0 aliphatic heterocycles. The van der Waals surface area contributed by atoms with Crippen molar-refractivity contribution < 1.29 is 9.18 Å². The molecule has 0 unspecified atom stereocenters. The SMILES string of the molecule is Cc1cscc1CNC(=O)c1sc2ccc(F)cc2c1N. The van der Waals surface area contributed by atoms with Crippen LogP contribution in [0.5, 0.6) is 0 Å². The van der Waals surface area contributed by atoms with Gasteiger partial charge < -0.3 is 11.1 Å². The van der Waals surface area contributed by atoms with E-state index in [1.165, 1.54) is 23.5 Å². The number of carbonyl (C=O) groups is 1. The van der Waals surface area contributed by atoms with Gasteiger partial charge in [0, 0.05) is 16.6 Å². The lowest BCUT2D eigenvalue weighted by molar-refractivity contribution is 0.0956. The molecule has 0 saturated carbocycles. The number of nitrogens with one attached hydrogen (secondary N) is 1. The Labute approximate surface area is 129 Å². The number of halogens is 1. The fourth-order valence-corrected chi connectivity index (χ4v) is 3.96. The van der Waals surface area contributed by atoms with E-state index in [9.17, 15) is 9.18 Å². The van der Waals surface area contributed by atoms with Crippen molar-refractivity contribution in [3.8, 4) is 0 Å². The van der Waals surface area contributed by atoms with Crippen molar-refractivity contribution in [2.24, 2.45) is 0 Å². The van der Waals surface area contributed by atoms with Gasteiger partial charge in [-0.15, -0.1) is 11.3 Å². The van der Waals surface area contributed by atoms with Gasteiger partial charge in [-0.1, -0.05) is 0 Å². The number of hydrogen-bond donors (Lipinski definition) is 2. The average molecular weight is 320 g/mol. The van der Waals surface area contributed by atoms with Crippen molar-refractivity contribution in [2.75, 3.05) is 5.73 Å². The molecule has 1 amide bonds. The summed E-state index contributed by atoms with van der Waals surface area (Å²) < 4.78 is 14.1. The van der Waals surface area contributed by atoms with Gasteiger partial charge in [0.05, 0.1) is 5.69 Å². The van der Waals surface area contributed by atoms with E-state index >= 15 is 0 Å². The highest BCUT2D eigenvalue weighted by Crippen LogP contribution is 2.34. The Bertz CT molecular complexity index is 822. The zero-order valence-corrected chi connectivity index (χ0v) is 12.9. The summed E-state index contributed by atoms with van der Waals surface area (Å²) in [5, 5.41) is 7.51. The predicted octanol–water partition coefficient (Wildman–Crippen LogP) is 3.92. The number of fused-ring (bicyclic) bond motifs is 1. The fourth-order valence-electron chi connectivity index (χ4n) is 2.08. The molecule has 108 valence electrons. The quantitative estimate of drug-likeness (QED) is 0.768. The smallest absolute Gasteiger partial charge is 0.263 e. The lowest BCUT2D eigenvalue weighted by Crippen LogP contribution is -2.22. The van der Waals surface area contributed by atoms with Crippen LogP contribution in [0, 0.1) is 12.7 Å². The monoisotopic (exact) mass is 320 g/mol. The van der Waals surface area contributed by atoms with E-state index in [1.54, 1.807) is 17.4 Å². The molecular formula is C15H13FN2OS2. The molecule has 3 nitrogen and oxygen atoms in total. The third-order valence-corrected chi connectivity index (χ3v) is 5.39. The number of nitrogen functional groups attached to an aromatic ring is 1. The molecule has 0 spiro atoms. The van der Waals surface area contributed by atoms with Crippen LogP contribution in [0.3, 0.4) is 0 Å². The lowest BCUT2D eigenvalue weighted by atomic mass is 10.2. The number of carbonyl (C=O) groups excluding carboxylic acids is 1. The molecule has 0 radical (unpaired) electrons. The number of nitrogens with two attached hydrogens (primary N) is 1. The van der Waals surface area contributed by atoms with Crippen molar-refractivity contribution in [3.63, 3.8) is 0 Å². The van der Waals surface area contributed by atoms with Gasteiger partial charge in [0.25, 0.3) is 5.91 Å². The molecule has 0 aliphatic rings. The van der Waals surface area contributed by atoms with E-state index in [0.29, 0.717) is 22.5 Å². The number of benzene rings is 1. The minimum absolute atomic E-state index is 0.222. The first kappa shape index (κ1) is 14.0. The zero-order chi connectivity index (χ0) is 15.0. The molecule has 0 fully saturated rings. The normalized spacial score (nSPS) is 11.0. The van der Waals surface area contributed by atoms with Crippen molar-refractivity contribution >= 4 is 44.4 Å². The Hall–Kier alpha value is -1.92. The van der Waals surface area contributed by atoms with Gasteiger partial charge in [-0.3, -0.25) is 4.79 Å². The number of rotatable bonds is 3. The number of hydrogen-bond acceptors (Lipinski definition) is 4. The summed E-state index contributed by atoms with van der Waals surface area (Å²) in [6.45, 7) is 2.48. The van der Waals surface area contributed by atoms with Crippen molar-refractivity contribution in [1.29, 1.82) is 0 Å². The molecule has 0 aliphatic carbocycles. The third-order valence-electron chi connectivity index (χ3n) is 3.30. The van der Waals surface area contributed by atoms with Crippen LogP contribution in [0.25, 0.3) is 10.1 Å². The second-order valence-corrected chi connectivity index (χ2v) is 6.54. The van der Waals surface area contributed by atoms with Gasteiger partial charge in [0.1, 0.15) is 10.7 Å². The molecular weight excluding hydrogens is 307 g/mol. The summed E-state index contributed by atoms with van der Waals surface area (Å²) in [6.07, 6.45) is 0. The Kier molecular flexibility index (Phi) is 3.65. The topological polar surface area (TPSA) is 55.1 Å². The first-order valence-corrected chi connectivity index (χ1v) is 8.09. The number of aryl methyl sites for hydroxylation is 1. The minimum atomic E-state index is -0.354. The van der Waals surface area contributed by atoms with Gasteiger partial charge in [-0.2, -0.15) is 11.3 Å². The van der Waals surface area contributed by atoms with Crippen molar-refractivity contribution in [3.05, 3.63) is 50.8 Å². The van der Waals surface area contributed by atoms with Crippen LogP contribution in [-0.4, -0.2) is 5.91 Å². The van der Waals surface area contributed by atoms with Crippen molar-refractivity contribution in [2.45, 2.75) is 13.5 Å². The van der Waals surface area contributed by atoms with E-state index in [1.807, 2.05) is 17.7 Å². The highest BCUT2D eigenvalue weighted by molar-refractivity contribution is 7.21.